The molecule has 0 aromatic heterocycles. The van der Waals surface area contributed by atoms with Crippen molar-refractivity contribution in [3.8, 4) is 0 Å². The lowest BCUT2D eigenvalue weighted by atomic mass is 10.0. The molecule has 0 saturated carbocycles. The lowest BCUT2D eigenvalue weighted by Crippen LogP contribution is -3.15. The van der Waals surface area contributed by atoms with Gasteiger partial charge in [-0.1, -0.05) is 12.1 Å². The molecule has 1 aliphatic rings. The molecular weight excluding hydrogens is 364 g/mol. The predicted molar refractivity (Wildman–Crippen MR) is 104 cm³/mol. The molecule has 1 aliphatic heterocycles. The van der Waals surface area contributed by atoms with Gasteiger partial charge in [0.25, 0.3) is 5.91 Å². The van der Waals surface area contributed by atoms with E-state index >= 15 is 0 Å². The Morgan fingerprint density at radius 3 is 2.39 bits per heavy atom. The number of nitrogens with zero attached hydrogens (tertiary/aromatic N) is 1. The number of carbonyl (C=O) groups is 1. The fourth-order valence-corrected chi connectivity index (χ4v) is 3.42. The van der Waals surface area contributed by atoms with E-state index in [9.17, 15) is 13.6 Å². The summed E-state index contributed by atoms with van der Waals surface area (Å²) >= 11 is 0. The van der Waals surface area contributed by atoms with Crippen molar-refractivity contribution in [2.45, 2.75) is 6.04 Å². The van der Waals surface area contributed by atoms with Gasteiger partial charge < -0.3 is 19.9 Å². The smallest absolute Gasteiger partial charge is 0.251 e. The van der Waals surface area contributed by atoms with Crippen molar-refractivity contribution in [2.24, 2.45) is 0 Å². The molecule has 7 heteroatoms. The van der Waals surface area contributed by atoms with Gasteiger partial charge in [0.2, 0.25) is 0 Å². The van der Waals surface area contributed by atoms with Gasteiger partial charge in [-0.3, -0.25) is 4.79 Å². The normalized spacial score (nSPS) is 15.9. The van der Waals surface area contributed by atoms with Crippen LogP contribution in [0.2, 0.25) is 0 Å². The van der Waals surface area contributed by atoms with E-state index in [-0.39, 0.29) is 11.6 Å². The van der Waals surface area contributed by atoms with E-state index in [1.54, 1.807) is 0 Å². The highest BCUT2D eigenvalue weighted by atomic mass is 19.2. The Labute approximate surface area is 163 Å². The molecule has 1 heterocycles. The lowest BCUT2D eigenvalue weighted by molar-refractivity contribution is -0.937. The van der Waals surface area contributed by atoms with Gasteiger partial charge in [0.15, 0.2) is 11.6 Å². The molecule has 1 atom stereocenters. The maximum atomic E-state index is 13.4. The van der Waals surface area contributed by atoms with Crippen molar-refractivity contribution in [3.63, 3.8) is 0 Å². The Morgan fingerprint density at radius 2 is 1.79 bits per heavy atom. The van der Waals surface area contributed by atoms with Crippen molar-refractivity contribution >= 4 is 11.6 Å². The molecule has 0 aliphatic carbocycles. The Morgan fingerprint density at radius 1 is 1.11 bits per heavy atom. The van der Waals surface area contributed by atoms with Crippen LogP contribution in [-0.4, -0.2) is 52.9 Å². The lowest BCUT2D eigenvalue weighted by Gasteiger charge is -2.32. The van der Waals surface area contributed by atoms with Gasteiger partial charge in [-0.15, -0.1) is 0 Å². The molecule has 0 unspecified atom stereocenters. The topological polar surface area (TPSA) is 46.0 Å². The van der Waals surface area contributed by atoms with Crippen molar-refractivity contribution in [1.82, 2.24) is 5.32 Å². The third-order valence-electron chi connectivity index (χ3n) is 5.09. The van der Waals surface area contributed by atoms with Crippen LogP contribution < -0.4 is 15.1 Å². The van der Waals surface area contributed by atoms with Crippen molar-refractivity contribution in [1.29, 1.82) is 0 Å². The molecule has 3 rings (SSSR count). The zero-order valence-corrected chi connectivity index (χ0v) is 16.2. The monoisotopic (exact) mass is 390 g/mol. The number of nitrogens with one attached hydrogen (secondary N) is 2. The van der Waals surface area contributed by atoms with Gasteiger partial charge >= 0.3 is 0 Å². The van der Waals surface area contributed by atoms with E-state index in [4.69, 9.17) is 4.74 Å². The van der Waals surface area contributed by atoms with E-state index < -0.39 is 17.5 Å². The molecule has 2 aromatic carbocycles. The number of amides is 1. The minimum Gasteiger partial charge on any atom is -0.378 e. The van der Waals surface area contributed by atoms with Crippen molar-refractivity contribution < 1.29 is 23.2 Å². The van der Waals surface area contributed by atoms with Crippen LogP contribution in [0, 0.1) is 11.6 Å². The molecule has 1 saturated heterocycles. The highest BCUT2D eigenvalue weighted by molar-refractivity contribution is 5.94. The Hall–Kier alpha value is -2.51. The standard InChI is InChI=1S/C21H25F2N3O2/c1-25(2)17-6-3-15(4-7-17)20(26-9-11-28-12-10-26)14-24-21(27)16-5-8-18(22)19(23)13-16/h3-8,13,20H,9-12,14H2,1-2H3,(H,24,27)/p+1/t20-/m0/s1. The van der Waals surface area contributed by atoms with E-state index in [0.717, 1.165) is 36.5 Å². The van der Waals surface area contributed by atoms with Crippen LogP contribution in [0.15, 0.2) is 42.5 Å². The summed E-state index contributed by atoms with van der Waals surface area (Å²) in [5, 5.41) is 2.88. The average Bonchev–Trinajstić information content (AvgIpc) is 2.71. The molecule has 1 amide bonds. The fourth-order valence-electron chi connectivity index (χ4n) is 3.42. The number of benzene rings is 2. The third kappa shape index (κ3) is 4.85. The Bertz CT molecular complexity index is 806. The molecular formula is C21H26F2N3O2+. The summed E-state index contributed by atoms with van der Waals surface area (Å²) in [5.74, 6) is -2.41. The number of anilines is 1. The van der Waals surface area contributed by atoms with Gasteiger partial charge in [-0.2, -0.15) is 0 Å². The number of rotatable bonds is 6. The zero-order valence-electron chi connectivity index (χ0n) is 16.2. The van der Waals surface area contributed by atoms with Crippen LogP contribution in [0.25, 0.3) is 0 Å². The van der Waals surface area contributed by atoms with E-state index in [2.05, 4.69) is 29.6 Å². The summed E-state index contributed by atoms with van der Waals surface area (Å²) in [6.45, 7) is 3.45. The first-order chi connectivity index (χ1) is 13.5. The first-order valence-electron chi connectivity index (χ1n) is 9.38. The maximum absolute atomic E-state index is 13.4. The molecule has 1 fully saturated rings. The minimum absolute atomic E-state index is 0.0503. The highest BCUT2D eigenvalue weighted by Crippen LogP contribution is 2.17. The second kappa shape index (κ2) is 9.12. The Kier molecular flexibility index (Phi) is 6.59. The Balaban J connectivity index is 1.75. The van der Waals surface area contributed by atoms with Gasteiger partial charge in [-0.25, -0.2) is 8.78 Å². The first kappa shape index (κ1) is 20.2. The molecule has 2 N–H and O–H groups in total. The first-order valence-corrected chi connectivity index (χ1v) is 9.38. The molecule has 2 aromatic rings. The van der Waals surface area contributed by atoms with Gasteiger partial charge in [0.1, 0.15) is 19.1 Å². The summed E-state index contributed by atoms with van der Waals surface area (Å²) in [5.41, 5.74) is 2.33. The molecule has 0 radical (unpaired) electrons. The maximum Gasteiger partial charge on any atom is 0.251 e. The molecule has 5 nitrogen and oxygen atoms in total. The number of halogens is 2. The van der Waals surface area contributed by atoms with Crippen LogP contribution in [0.5, 0.6) is 0 Å². The second-order valence-corrected chi connectivity index (χ2v) is 7.15. The van der Waals surface area contributed by atoms with Crippen LogP contribution >= 0.6 is 0 Å². The summed E-state index contributed by atoms with van der Waals surface area (Å²) in [4.78, 5) is 15.8. The number of hydrogen-bond acceptors (Lipinski definition) is 3. The van der Waals surface area contributed by atoms with E-state index in [1.165, 1.54) is 11.0 Å². The fraction of sp³-hybridized carbons (Fsp3) is 0.381. The average molecular weight is 390 g/mol. The van der Waals surface area contributed by atoms with Crippen molar-refractivity contribution in [2.75, 3.05) is 51.8 Å². The van der Waals surface area contributed by atoms with Crippen LogP contribution in [0.3, 0.4) is 0 Å². The largest absolute Gasteiger partial charge is 0.378 e. The second-order valence-electron chi connectivity index (χ2n) is 7.15. The molecule has 28 heavy (non-hydrogen) atoms. The molecule has 0 spiro atoms. The number of ether oxygens (including phenoxy) is 1. The number of quaternary nitrogens is 1. The van der Waals surface area contributed by atoms with Crippen LogP contribution in [0.1, 0.15) is 22.0 Å². The zero-order chi connectivity index (χ0) is 20.1. The molecule has 0 bridgehead atoms. The third-order valence-corrected chi connectivity index (χ3v) is 5.09. The number of carbonyl (C=O) groups excluding carboxylic acids is 1. The highest BCUT2D eigenvalue weighted by Gasteiger charge is 2.27. The summed E-state index contributed by atoms with van der Waals surface area (Å²) in [6, 6.07) is 11.5. The predicted octanol–water partition coefficient (Wildman–Crippen LogP) is 1.42. The summed E-state index contributed by atoms with van der Waals surface area (Å²) in [6.07, 6.45) is 0. The van der Waals surface area contributed by atoms with Crippen LogP contribution in [-0.2, 0) is 4.74 Å². The number of morpholine rings is 1. The quantitative estimate of drug-likeness (QED) is 0.784. The molecule has 150 valence electrons. The SMILES string of the molecule is CN(C)c1ccc([C@H](CNC(=O)c2ccc(F)c(F)c2)[NH+]2CCOCC2)cc1. The summed E-state index contributed by atoms with van der Waals surface area (Å²) in [7, 11) is 3.98. The van der Waals surface area contributed by atoms with Gasteiger partial charge in [-0.05, 0) is 30.3 Å². The van der Waals surface area contributed by atoms with Gasteiger partial charge in [0.05, 0.1) is 19.8 Å². The van der Waals surface area contributed by atoms with Crippen LogP contribution in [0.4, 0.5) is 14.5 Å². The van der Waals surface area contributed by atoms with Crippen molar-refractivity contribution in [3.05, 3.63) is 65.2 Å². The van der Waals surface area contributed by atoms with Gasteiger partial charge in [0, 0.05) is 30.9 Å². The minimum atomic E-state index is -1.03. The van der Waals surface area contributed by atoms with E-state index in [1.807, 2.05) is 19.0 Å². The van der Waals surface area contributed by atoms with E-state index in [0.29, 0.717) is 19.8 Å². The summed E-state index contributed by atoms with van der Waals surface area (Å²) < 4.78 is 32.0. The number of hydrogen-bond donors (Lipinski definition) is 2.